The molecule has 2 N–H and O–H groups in total. The average Bonchev–Trinajstić information content (AvgIpc) is 2.19. The Morgan fingerprint density at radius 1 is 1.31 bits per heavy atom. The standard InChI is InChI=1S/C10H20N2O3S/c1-8(2)7-11-16(14,15)12-9-3-5-10(13)6-4-9/h8-9,11-12H,3-7H2,1-2H3. The van der Waals surface area contributed by atoms with Gasteiger partial charge >= 0.3 is 0 Å². The quantitative estimate of drug-likeness (QED) is 0.747. The third-order valence-corrected chi connectivity index (χ3v) is 3.74. The molecule has 1 aliphatic carbocycles. The molecular formula is C10H20N2O3S. The molecule has 0 heterocycles. The number of nitrogens with one attached hydrogen (secondary N) is 2. The fraction of sp³-hybridized carbons (Fsp3) is 0.900. The highest BCUT2D eigenvalue weighted by Crippen LogP contribution is 2.15. The van der Waals surface area contributed by atoms with E-state index in [1.54, 1.807) is 0 Å². The molecule has 0 bridgehead atoms. The first-order chi connectivity index (χ1) is 7.39. The molecule has 1 saturated carbocycles. The zero-order valence-electron chi connectivity index (χ0n) is 9.82. The van der Waals surface area contributed by atoms with Gasteiger partial charge in [0.2, 0.25) is 0 Å². The summed E-state index contributed by atoms with van der Waals surface area (Å²) in [6.07, 6.45) is 2.19. The number of rotatable bonds is 5. The van der Waals surface area contributed by atoms with Crippen LogP contribution in [0.15, 0.2) is 0 Å². The van der Waals surface area contributed by atoms with Crippen LogP contribution >= 0.6 is 0 Å². The van der Waals surface area contributed by atoms with Crippen LogP contribution in [0.5, 0.6) is 0 Å². The lowest BCUT2D eigenvalue weighted by Crippen LogP contribution is -2.45. The van der Waals surface area contributed by atoms with Gasteiger partial charge in [0.15, 0.2) is 0 Å². The molecule has 1 aliphatic rings. The molecule has 0 atom stereocenters. The summed E-state index contributed by atoms with van der Waals surface area (Å²) in [5.74, 6) is 0.509. The molecule has 0 spiro atoms. The Bertz CT molecular complexity index is 328. The lowest BCUT2D eigenvalue weighted by molar-refractivity contribution is -0.120. The van der Waals surface area contributed by atoms with Crippen LogP contribution in [0, 0.1) is 5.92 Å². The number of carbonyl (C=O) groups excluding carboxylic acids is 1. The highest BCUT2D eigenvalue weighted by Gasteiger charge is 2.22. The van der Waals surface area contributed by atoms with Gasteiger partial charge in [-0.25, -0.2) is 4.72 Å². The number of ketones is 1. The monoisotopic (exact) mass is 248 g/mol. The number of hydrogen-bond acceptors (Lipinski definition) is 3. The Labute approximate surface area is 97.2 Å². The van der Waals surface area contributed by atoms with E-state index in [0.29, 0.717) is 32.2 Å². The first-order valence-electron chi connectivity index (χ1n) is 5.67. The summed E-state index contributed by atoms with van der Waals surface area (Å²) in [6, 6.07) is -0.0950. The maximum absolute atomic E-state index is 11.6. The molecule has 0 aromatic rings. The van der Waals surface area contributed by atoms with Crippen molar-refractivity contribution in [3.8, 4) is 0 Å². The van der Waals surface area contributed by atoms with E-state index in [1.807, 2.05) is 13.8 Å². The normalized spacial score (nSPS) is 19.3. The minimum Gasteiger partial charge on any atom is -0.300 e. The Hall–Kier alpha value is -0.460. The fourth-order valence-corrected chi connectivity index (χ4v) is 2.91. The van der Waals surface area contributed by atoms with Gasteiger partial charge in [-0.15, -0.1) is 0 Å². The van der Waals surface area contributed by atoms with E-state index in [2.05, 4.69) is 9.44 Å². The smallest absolute Gasteiger partial charge is 0.277 e. The van der Waals surface area contributed by atoms with Gasteiger partial charge in [-0.3, -0.25) is 4.79 Å². The topological polar surface area (TPSA) is 75.3 Å². The predicted molar refractivity (Wildman–Crippen MR) is 62.2 cm³/mol. The van der Waals surface area contributed by atoms with E-state index in [1.165, 1.54) is 0 Å². The lowest BCUT2D eigenvalue weighted by atomic mass is 9.95. The highest BCUT2D eigenvalue weighted by molar-refractivity contribution is 7.87. The molecule has 0 aromatic carbocycles. The summed E-state index contributed by atoms with van der Waals surface area (Å²) in [6.45, 7) is 4.32. The highest BCUT2D eigenvalue weighted by atomic mass is 32.2. The molecule has 1 rings (SSSR count). The van der Waals surface area contributed by atoms with Gasteiger partial charge in [-0.05, 0) is 18.8 Å². The van der Waals surface area contributed by atoms with Crippen LogP contribution in [0.4, 0.5) is 0 Å². The molecule has 16 heavy (non-hydrogen) atoms. The second-order valence-corrected chi connectivity index (χ2v) is 6.21. The van der Waals surface area contributed by atoms with Gasteiger partial charge in [0, 0.05) is 25.4 Å². The van der Waals surface area contributed by atoms with Crippen LogP contribution in [0.3, 0.4) is 0 Å². The maximum atomic E-state index is 11.6. The van der Waals surface area contributed by atoms with Crippen molar-refractivity contribution in [2.75, 3.05) is 6.54 Å². The molecule has 0 unspecified atom stereocenters. The van der Waals surface area contributed by atoms with E-state index >= 15 is 0 Å². The summed E-state index contributed by atoms with van der Waals surface area (Å²) in [4.78, 5) is 11.0. The van der Waals surface area contributed by atoms with Gasteiger partial charge in [0.25, 0.3) is 10.2 Å². The Morgan fingerprint density at radius 2 is 1.88 bits per heavy atom. The summed E-state index contributed by atoms with van der Waals surface area (Å²) < 4.78 is 28.2. The molecule has 1 fully saturated rings. The van der Waals surface area contributed by atoms with Crippen molar-refractivity contribution >= 4 is 16.0 Å². The second kappa shape index (κ2) is 5.75. The lowest BCUT2D eigenvalue weighted by Gasteiger charge is -2.22. The largest absolute Gasteiger partial charge is 0.300 e. The van der Waals surface area contributed by atoms with Crippen molar-refractivity contribution in [3.63, 3.8) is 0 Å². The van der Waals surface area contributed by atoms with Crippen LogP contribution < -0.4 is 9.44 Å². The molecule has 0 amide bonds. The fourth-order valence-electron chi connectivity index (χ4n) is 1.60. The van der Waals surface area contributed by atoms with Gasteiger partial charge < -0.3 is 0 Å². The van der Waals surface area contributed by atoms with Gasteiger partial charge in [0.05, 0.1) is 0 Å². The average molecular weight is 248 g/mol. The van der Waals surface area contributed by atoms with Gasteiger partial charge in [-0.1, -0.05) is 13.8 Å². The van der Waals surface area contributed by atoms with Crippen molar-refractivity contribution in [2.24, 2.45) is 5.92 Å². The Morgan fingerprint density at radius 3 is 2.38 bits per heavy atom. The van der Waals surface area contributed by atoms with Gasteiger partial charge in [-0.2, -0.15) is 13.1 Å². The molecule has 94 valence electrons. The summed E-state index contributed by atoms with van der Waals surface area (Å²) in [7, 11) is -3.41. The van der Waals surface area contributed by atoms with E-state index < -0.39 is 10.2 Å². The van der Waals surface area contributed by atoms with Crippen LogP contribution in [-0.2, 0) is 15.0 Å². The van der Waals surface area contributed by atoms with Crippen molar-refractivity contribution in [3.05, 3.63) is 0 Å². The zero-order chi connectivity index (χ0) is 12.2. The van der Waals surface area contributed by atoms with E-state index in [-0.39, 0.29) is 17.7 Å². The summed E-state index contributed by atoms with van der Waals surface area (Å²) in [5, 5.41) is 0. The van der Waals surface area contributed by atoms with Crippen molar-refractivity contribution in [2.45, 2.75) is 45.6 Å². The first kappa shape index (κ1) is 13.6. The van der Waals surface area contributed by atoms with Crippen LogP contribution in [0.1, 0.15) is 39.5 Å². The second-order valence-electron chi connectivity index (χ2n) is 4.68. The third kappa shape index (κ3) is 5.05. The molecule has 0 radical (unpaired) electrons. The third-order valence-electron chi connectivity index (χ3n) is 2.55. The molecule has 0 aromatic heterocycles. The van der Waals surface area contributed by atoms with E-state index in [0.717, 1.165) is 0 Å². The Kier molecular flexibility index (Phi) is 4.89. The molecule has 0 saturated heterocycles. The first-order valence-corrected chi connectivity index (χ1v) is 7.16. The minimum atomic E-state index is -3.41. The van der Waals surface area contributed by atoms with Crippen molar-refractivity contribution in [1.29, 1.82) is 0 Å². The SMILES string of the molecule is CC(C)CNS(=O)(=O)NC1CCC(=O)CC1. The zero-order valence-corrected chi connectivity index (χ0v) is 10.6. The summed E-state index contributed by atoms with van der Waals surface area (Å²) in [5.41, 5.74) is 0. The number of carbonyl (C=O) groups is 1. The van der Waals surface area contributed by atoms with Crippen LogP contribution in [0.25, 0.3) is 0 Å². The number of hydrogen-bond donors (Lipinski definition) is 2. The van der Waals surface area contributed by atoms with Crippen molar-refractivity contribution in [1.82, 2.24) is 9.44 Å². The van der Waals surface area contributed by atoms with Crippen molar-refractivity contribution < 1.29 is 13.2 Å². The molecule has 6 heteroatoms. The summed E-state index contributed by atoms with van der Waals surface area (Å²) >= 11 is 0. The maximum Gasteiger partial charge on any atom is 0.277 e. The minimum absolute atomic E-state index is 0.0950. The molecule has 0 aliphatic heterocycles. The molecular weight excluding hydrogens is 228 g/mol. The van der Waals surface area contributed by atoms with E-state index in [9.17, 15) is 13.2 Å². The Balaban J connectivity index is 2.37. The van der Waals surface area contributed by atoms with Crippen LogP contribution in [0.2, 0.25) is 0 Å². The predicted octanol–water partition coefficient (Wildman–Crippen LogP) is 0.578. The van der Waals surface area contributed by atoms with Crippen LogP contribution in [-0.4, -0.2) is 26.8 Å². The molecule has 5 nitrogen and oxygen atoms in total. The van der Waals surface area contributed by atoms with E-state index in [4.69, 9.17) is 0 Å². The van der Waals surface area contributed by atoms with Gasteiger partial charge in [0.1, 0.15) is 5.78 Å². The number of Topliss-reactive ketones (excluding diaryl/α,β-unsaturated/α-hetero) is 1.